The number of nitrogens with zero attached hydrogens (tertiary/aromatic N) is 2. The lowest BCUT2D eigenvalue weighted by atomic mass is 10.2. The van der Waals surface area contributed by atoms with E-state index >= 15 is 0 Å². The number of aromatic nitrogens is 1. The summed E-state index contributed by atoms with van der Waals surface area (Å²) in [6, 6.07) is 15.5. The number of hydrogen-bond donors (Lipinski definition) is 1. The quantitative estimate of drug-likeness (QED) is 0.743. The minimum atomic E-state index is -0.107. The van der Waals surface area contributed by atoms with Gasteiger partial charge in [0.25, 0.3) is 0 Å². The van der Waals surface area contributed by atoms with Crippen LogP contribution in [0.5, 0.6) is 5.75 Å². The molecule has 1 amide bonds. The summed E-state index contributed by atoms with van der Waals surface area (Å²) in [7, 11) is 1.63. The number of methoxy groups -OCH3 is 1. The zero-order valence-electron chi connectivity index (χ0n) is 14.6. The molecule has 0 saturated carbocycles. The number of nitrogens with one attached hydrogen (secondary N) is 1. The summed E-state index contributed by atoms with van der Waals surface area (Å²) >= 11 is 1.71. The van der Waals surface area contributed by atoms with Crippen LogP contribution in [0.1, 0.15) is 17.8 Å². The average molecular weight is 367 g/mol. The Morgan fingerprint density at radius 3 is 2.85 bits per heavy atom. The Labute approximate surface area is 156 Å². The summed E-state index contributed by atoms with van der Waals surface area (Å²) in [5.41, 5.74) is 1.83. The van der Waals surface area contributed by atoms with Crippen molar-refractivity contribution in [2.24, 2.45) is 0 Å². The molecule has 0 spiro atoms. The number of hydrogen-bond acceptors (Lipinski definition) is 5. The molecule has 2 aromatic carbocycles. The first-order valence-corrected chi connectivity index (χ1v) is 9.58. The van der Waals surface area contributed by atoms with Crippen LogP contribution in [0.3, 0.4) is 0 Å². The number of thiazole rings is 1. The second kappa shape index (κ2) is 7.43. The lowest BCUT2D eigenvalue weighted by Crippen LogP contribution is -2.39. The number of benzene rings is 2. The summed E-state index contributed by atoms with van der Waals surface area (Å²) < 4.78 is 6.35. The van der Waals surface area contributed by atoms with Crippen molar-refractivity contribution in [3.8, 4) is 5.75 Å². The van der Waals surface area contributed by atoms with Gasteiger partial charge in [0.05, 0.1) is 29.9 Å². The Bertz CT molecular complexity index is 874. The highest BCUT2D eigenvalue weighted by atomic mass is 32.1. The predicted octanol–water partition coefficient (Wildman–Crippen LogP) is 3.91. The zero-order valence-corrected chi connectivity index (χ0v) is 15.5. The maximum absolute atomic E-state index is 12.7. The van der Waals surface area contributed by atoms with Gasteiger partial charge < -0.3 is 10.1 Å². The molecule has 2 heterocycles. The molecule has 3 aromatic rings. The fourth-order valence-electron chi connectivity index (χ4n) is 3.37. The highest BCUT2D eigenvalue weighted by Crippen LogP contribution is 2.27. The first-order valence-electron chi connectivity index (χ1n) is 8.76. The van der Waals surface area contributed by atoms with Gasteiger partial charge in [0.2, 0.25) is 5.91 Å². The average Bonchev–Trinajstić information content (AvgIpc) is 3.28. The van der Waals surface area contributed by atoms with Crippen molar-refractivity contribution in [1.82, 2.24) is 9.88 Å². The Morgan fingerprint density at radius 1 is 1.27 bits per heavy atom. The van der Waals surface area contributed by atoms with E-state index in [0.29, 0.717) is 0 Å². The van der Waals surface area contributed by atoms with Crippen LogP contribution < -0.4 is 10.1 Å². The van der Waals surface area contributed by atoms with Gasteiger partial charge in [-0.05, 0) is 55.8 Å². The molecular formula is C20H21N3O2S. The molecule has 0 aliphatic carbocycles. The van der Waals surface area contributed by atoms with Crippen LogP contribution in [0.25, 0.3) is 10.2 Å². The maximum atomic E-state index is 12.7. The molecule has 1 aromatic heterocycles. The van der Waals surface area contributed by atoms with E-state index < -0.39 is 0 Å². The van der Waals surface area contributed by atoms with Gasteiger partial charge in [0.15, 0.2) is 0 Å². The summed E-state index contributed by atoms with van der Waals surface area (Å²) in [4.78, 5) is 19.7. The number of anilines is 1. The number of likely N-dealkylation sites (tertiary alicyclic amines) is 1. The van der Waals surface area contributed by atoms with Crippen molar-refractivity contribution in [2.45, 2.75) is 25.4 Å². The normalized spacial score (nSPS) is 17.5. The lowest BCUT2D eigenvalue weighted by Gasteiger charge is -2.22. The van der Waals surface area contributed by atoms with Crippen LogP contribution in [0, 0.1) is 0 Å². The highest BCUT2D eigenvalue weighted by Gasteiger charge is 2.31. The predicted molar refractivity (Wildman–Crippen MR) is 105 cm³/mol. The summed E-state index contributed by atoms with van der Waals surface area (Å²) in [6.07, 6.45) is 1.92. The molecule has 1 aliphatic rings. The third-order valence-electron chi connectivity index (χ3n) is 4.70. The van der Waals surface area contributed by atoms with Crippen molar-refractivity contribution in [1.29, 1.82) is 0 Å². The smallest absolute Gasteiger partial charge is 0.241 e. The second-order valence-electron chi connectivity index (χ2n) is 6.42. The van der Waals surface area contributed by atoms with Crippen molar-refractivity contribution >= 4 is 33.1 Å². The van der Waals surface area contributed by atoms with Crippen molar-refractivity contribution < 1.29 is 9.53 Å². The van der Waals surface area contributed by atoms with Gasteiger partial charge in [-0.1, -0.05) is 12.1 Å². The molecule has 6 heteroatoms. The van der Waals surface area contributed by atoms with Crippen LogP contribution in [-0.4, -0.2) is 35.5 Å². The van der Waals surface area contributed by atoms with Gasteiger partial charge in [-0.3, -0.25) is 9.69 Å². The number of amides is 1. The van der Waals surface area contributed by atoms with Crippen LogP contribution in [0.15, 0.2) is 48.5 Å². The van der Waals surface area contributed by atoms with E-state index in [2.05, 4.69) is 16.3 Å². The lowest BCUT2D eigenvalue weighted by molar-refractivity contribution is -0.120. The van der Waals surface area contributed by atoms with Gasteiger partial charge in [0, 0.05) is 5.69 Å². The standard InChI is InChI=1S/C20H21N3O2S/c1-25-15-10-8-14(9-11-15)21-20(24)17-6-4-12-23(17)13-19-22-16-5-2-3-7-18(16)26-19/h2-3,5,7-11,17H,4,6,12-13H2,1H3,(H,21,24)/t17-/m1/s1. The molecule has 1 fully saturated rings. The van der Waals surface area contributed by atoms with E-state index in [4.69, 9.17) is 9.72 Å². The molecule has 1 atom stereocenters. The number of carbonyl (C=O) groups is 1. The van der Waals surface area contributed by atoms with Gasteiger partial charge in [0.1, 0.15) is 10.8 Å². The van der Waals surface area contributed by atoms with Gasteiger partial charge in [-0.2, -0.15) is 0 Å². The van der Waals surface area contributed by atoms with Gasteiger partial charge in [-0.25, -0.2) is 4.98 Å². The number of ether oxygens (including phenoxy) is 1. The molecule has 5 nitrogen and oxygen atoms in total. The Balaban J connectivity index is 1.44. The van der Waals surface area contributed by atoms with Crippen LogP contribution in [-0.2, 0) is 11.3 Å². The SMILES string of the molecule is COc1ccc(NC(=O)[C@H]2CCCN2Cc2nc3ccccc3s2)cc1. The number of para-hydroxylation sites is 1. The molecule has 26 heavy (non-hydrogen) atoms. The minimum Gasteiger partial charge on any atom is -0.497 e. The Hall–Kier alpha value is -2.44. The zero-order chi connectivity index (χ0) is 17.9. The van der Waals surface area contributed by atoms with E-state index in [1.807, 2.05) is 42.5 Å². The first kappa shape index (κ1) is 17.0. The van der Waals surface area contributed by atoms with E-state index in [-0.39, 0.29) is 11.9 Å². The molecule has 0 bridgehead atoms. The molecule has 134 valence electrons. The van der Waals surface area contributed by atoms with Crippen LogP contribution in [0.4, 0.5) is 5.69 Å². The van der Waals surface area contributed by atoms with Crippen molar-refractivity contribution in [3.05, 3.63) is 53.5 Å². The molecule has 0 unspecified atom stereocenters. The van der Waals surface area contributed by atoms with E-state index in [9.17, 15) is 4.79 Å². The number of fused-ring (bicyclic) bond motifs is 1. The van der Waals surface area contributed by atoms with Crippen LogP contribution in [0.2, 0.25) is 0 Å². The fourth-order valence-corrected chi connectivity index (χ4v) is 4.37. The summed E-state index contributed by atoms with van der Waals surface area (Å²) in [6.45, 7) is 1.65. The topological polar surface area (TPSA) is 54.5 Å². The molecule has 1 saturated heterocycles. The molecule has 1 aliphatic heterocycles. The molecule has 0 radical (unpaired) electrons. The number of rotatable bonds is 5. The number of carbonyl (C=O) groups excluding carboxylic acids is 1. The maximum Gasteiger partial charge on any atom is 0.241 e. The van der Waals surface area contributed by atoms with E-state index in [1.54, 1.807) is 18.4 Å². The summed E-state index contributed by atoms with van der Waals surface area (Å²) in [5.74, 6) is 0.829. The van der Waals surface area contributed by atoms with Gasteiger partial charge >= 0.3 is 0 Å². The second-order valence-corrected chi connectivity index (χ2v) is 7.54. The van der Waals surface area contributed by atoms with E-state index in [1.165, 1.54) is 4.70 Å². The fraction of sp³-hybridized carbons (Fsp3) is 0.300. The first-order chi connectivity index (χ1) is 12.7. The molecular weight excluding hydrogens is 346 g/mol. The third-order valence-corrected chi connectivity index (χ3v) is 5.72. The largest absolute Gasteiger partial charge is 0.497 e. The minimum absolute atomic E-state index is 0.0498. The highest BCUT2D eigenvalue weighted by molar-refractivity contribution is 7.18. The summed E-state index contributed by atoms with van der Waals surface area (Å²) in [5, 5.41) is 4.09. The molecule has 1 N–H and O–H groups in total. The van der Waals surface area contributed by atoms with Gasteiger partial charge in [-0.15, -0.1) is 11.3 Å². The van der Waals surface area contributed by atoms with E-state index in [0.717, 1.165) is 47.9 Å². The van der Waals surface area contributed by atoms with Crippen molar-refractivity contribution in [2.75, 3.05) is 19.0 Å². The Morgan fingerprint density at radius 2 is 2.08 bits per heavy atom. The third kappa shape index (κ3) is 3.57. The Kier molecular flexibility index (Phi) is 4.86. The van der Waals surface area contributed by atoms with Crippen LogP contribution >= 0.6 is 11.3 Å². The molecule has 4 rings (SSSR count). The monoisotopic (exact) mass is 367 g/mol. The van der Waals surface area contributed by atoms with Crippen molar-refractivity contribution in [3.63, 3.8) is 0 Å².